The van der Waals surface area contributed by atoms with Crippen LogP contribution in [0.5, 0.6) is 0 Å². The van der Waals surface area contributed by atoms with Crippen LogP contribution in [0.3, 0.4) is 0 Å². The van der Waals surface area contributed by atoms with E-state index in [1.54, 1.807) is 0 Å². The summed E-state index contributed by atoms with van der Waals surface area (Å²) in [7, 11) is 0. The Labute approximate surface area is 98.7 Å². The van der Waals surface area contributed by atoms with E-state index in [1.807, 2.05) is 0 Å². The SMILES string of the molecule is Cc1ccccc1N1CCCNC(C)(C)C1. The lowest BCUT2D eigenvalue weighted by Crippen LogP contribution is -2.46. The van der Waals surface area contributed by atoms with Gasteiger partial charge in [-0.1, -0.05) is 18.2 Å². The minimum atomic E-state index is 0.207. The minimum absolute atomic E-state index is 0.207. The highest BCUT2D eigenvalue weighted by atomic mass is 15.2. The monoisotopic (exact) mass is 218 g/mol. The topological polar surface area (TPSA) is 15.3 Å². The molecular formula is C14H22N2. The summed E-state index contributed by atoms with van der Waals surface area (Å²) < 4.78 is 0. The van der Waals surface area contributed by atoms with Crippen LogP contribution in [0, 0.1) is 6.92 Å². The largest absolute Gasteiger partial charge is 0.369 e. The molecule has 2 rings (SSSR count). The second kappa shape index (κ2) is 4.46. The Balaban J connectivity index is 2.23. The van der Waals surface area contributed by atoms with Crippen LogP contribution in [0.4, 0.5) is 5.69 Å². The first-order chi connectivity index (χ1) is 7.58. The van der Waals surface area contributed by atoms with Gasteiger partial charge in [0.1, 0.15) is 0 Å². The maximum Gasteiger partial charge on any atom is 0.0396 e. The molecule has 0 radical (unpaired) electrons. The molecule has 0 spiro atoms. The fraction of sp³-hybridized carbons (Fsp3) is 0.571. The highest BCUT2D eigenvalue weighted by molar-refractivity contribution is 5.53. The molecule has 0 unspecified atom stereocenters. The Hall–Kier alpha value is -1.02. The van der Waals surface area contributed by atoms with Crippen molar-refractivity contribution in [2.45, 2.75) is 32.7 Å². The number of rotatable bonds is 1. The van der Waals surface area contributed by atoms with Crippen molar-refractivity contribution in [3.63, 3.8) is 0 Å². The lowest BCUT2D eigenvalue weighted by atomic mass is 10.0. The zero-order valence-electron chi connectivity index (χ0n) is 10.6. The van der Waals surface area contributed by atoms with Gasteiger partial charge >= 0.3 is 0 Å². The summed E-state index contributed by atoms with van der Waals surface area (Å²) in [5.74, 6) is 0. The van der Waals surface area contributed by atoms with E-state index in [0.717, 1.165) is 19.6 Å². The van der Waals surface area contributed by atoms with Crippen LogP contribution < -0.4 is 10.2 Å². The van der Waals surface area contributed by atoms with E-state index in [0.29, 0.717) is 0 Å². The van der Waals surface area contributed by atoms with E-state index in [9.17, 15) is 0 Å². The Kier molecular flexibility index (Phi) is 3.20. The Morgan fingerprint density at radius 3 is 2.75 bits per heavy atom. The van der Waals surface area contributed by atoms with Crippen molar-refractivity contribution in [2.75, 3.05) is 24.5 Å². The van der Waals surface area contributed by atoms with Crippen LogP contribution in [0.25, 0.3) is 0 Å². The fourth-order valence-electron chi connectivity index (χ4n) is 2.43. The molecule has 1 fully saturated rings. The molecule has 1 aromatic rings. The predicted molar refractivity (Wildman–Crippen MR) is 70.1 cm³/mol. The standard InChI is InChI=1S/C14H22N2/c1-12-7-4-5-8-13(12)16-10-6-9-15-14(2,3)11-16/h4-5,7-8,15H,6,9-11H2,1-3H3. The van der Waals surface area contributed by atoms with E-state index in [4.69, 9.17) is 0 Å². The summed E-state index contributed by atoms with van der Waals surface area (Å²) in [5, 5.41) is 3.60. The maximum atomic E-state index is 3.60. The fourth-order valence-corrected chi connectivity index (χ4v) is 2.43. The second-order valence-corrected chi connectivity index (χ2v) is 5.37. The molecule has 1 saturated heterocycles. The minimum Gasteiger partial charge on any atom is -0.369 e. The summed E-state index contributed by atoms with van der Waals surface area (Å²) in [6, 6.07) is 8.67. The van der Waals surface area contributed by atoms with Crippen molar-refractivity contribution in [3.8, 4) is 0 Å². The van der Waals surface area contributed by atoms with Gasteiger partial charge in [-0.15, -0.1) is 0 Å². The molecule has 0 aliphatic carbocycles. The van der Waals surface area contributed by atoms with Crippen molar-refractivity contribution in [1.82, 2.24) is 5.32 Å². The number of para-hydroxylation sites is 1. The quantitative estimate of drug-likeness (QED) is 0.779. The zero-order chi connectivity index (χ0) is 11.6. The van der Waals surface area contributed by atoms with Crippen LogP contribution in [0.1, 0.15) is 25.8 Å². The molecule has 0 bridgehead atoms. The number of hydrogen-bond acceptors (Lipinski definition) is 2. The van der Waals surface area contributed by atoms with Gasteiger partial charge in [-0.2, -0.15) is 0 Å². The van der Waals surface area contributed by atoms with Crippen LogP contribution in [0.15, 0.2) is 24.3 Å². The third-order valence-corrected chi connectivity index (χ3v) is 3.25. The van der Waals surface area contributed by atoms with Gasteiger partial charge in [0.25, 0.3) is 0 Å². The zero-order valence-corrected chi connectivity index (χ0v) is 10.6. The van der Waals surface area contributed by atoms with Gasteiger partial charge in [-0.25, -0.2) is 0 Å². The molecule has 0 aromatic heterocycles. The number of aryl methyl sites for hydroxylation is 1. The maximum absolute atomic E-state index is 3.60. The van der Waals surface area contributed by atoms with Gasteiger partial charge in [0.2, 0.25) is 0 Å². The van der Waals surface area contributed by atoms with Crippen molar-refractivity contribution < 1.29 is 0 Å². The molecule has 0 saturated carbocycles. The first-order valence-electron chi connectivity index (χ1n) is 6.14. The molecule has 2 heteroatoms. The van der Waals surface area contributed by atoms with Crippen molar-refractivity contribution in [1.29, 1.82) is 0 Å². The Bertz CT molecular complexity index is 358. The van der Waals surface area contributed by atoms with Crippen LogP contribution in [-0.4, -0.2) is 25.2 Å². The lowest BCUT2D eigenvalue weighted by molar-refractivity contribution is 0.416. The Morgan fingerprint density at radius 1 is 1.25 bits per heavy atom. The average Bonchev–Trinajstić information content (AvgIpc) is 2.40. The summed E-state index contributed by atoms with van der Waals surface area (Å²) in [4.78, 5) is 2.51. The first-order valence-corrected chi connectivity index (χ1v) is 6.14. The molecule has 1 aliphatic rings. The van der Waals surface area contributed by atoms with Gasteiger partial charge in [-0.05, 0) is 45.4 Å². The van der Waals surface area contributed by atoms with Crippen molar-refractivity contribution in [3.05, 3.63) is 29.8 Å². The molecule has 0 atom stereocenters. The number of nitrogens with one attached hydrogen (secondary N) is 1. The van der Waals surface area contributed by atoms with Crippen LogP contribution in [-0.2, 0) is 0 Å². The third kappa shape index (κ3) is 2.56. The summed E-state index contributed by atoms with van der Waals surface area (Å²) in [5.41, 5.74) is 2.97. The van der Waals surface area contributed by atoms with Gasteiger partial charge in [-0.3, -0.25) is 0 Å². The molecule has 1 N–H and O–H groups in total. The number of benzene rings is 1. The third-order valence-electron chi connectivity index (χ3n) is 3.25. The van der Waals surface area contributed by atoms with Gasteiger partial charge in [0, 0.05) is 24.3 Å². The van der Waals surface area contributed by atoms with Gasteiger partial charge in [0.05, 0.1) is 0 Å². The highest BCUT2D eigenvalue weighted by Crippen LogP contribution is 2.23. The van der Waals surface area contributed by atoms with E-state index in [-0.39, 0.29) is 5.54 Å². The molecule has 1 heterocycles. The average molecular weight is 218 g/mol. The molecule has 1 aromatic carbocycles. The second-order valence-electron chi connectivity index (χ2n) is 5.37. The lowest BCUT2D eigenvalue weighted by Gasteiger charge is -2.32. The van der Waals surface area contributed by atoms with Gasteiger partial charge < -0.3 is 10.2 Å². The molecule has 16 heavy (non-hydrogen) atoms. The molecule has 1 aliphatic heterocycles. The highest BCUT2D eigenvalue weighted by Gasteiger charge is 2.24. The summed E-state index contributed by atoms with van der Waals surface area (Å²) in [6.07, 6.45) is 1.22. The smallest absolute Gasteiger partial charge is 0.0396 e. The molecule has 88 valence electrons. The van der Waals surface area contributed by atoms with Crippen LogP contribution in [0.2, 0.25) is 0 Å². The number of nitrogens with zero attached hydrogens (tertiary/aromatic N) is 1. The summed E-state index contributed by atoms with van der Waals surface area (Å²) >= 11 is 0. The van der Waals surface area contributed by atoms with E-state index in [2.05, 4.69) is 55.3 Å². The first kappa shape index (κ1) is 11.5. The Morgan fingerprint density at radius 2 is 2.00 bits per heavy atom. The number of hydrogen-bond donors (Lipinski definition) is 1. The number of anilines is 1. The van der Waals surface area contributed by atoms with E-state index < -0.39 is 0 Å². The molecule has 2 nitrogen and oxygen atoms in total. The normalized spacial score (nSPS) is 20.6. The van der Waals surface area contributed by atoms with E-state index in [1.165, 1.54) is 17.7 Å². The van der Waals surface area contributed by atoms with E-state index >= 15 is 0 Å². The van der Waals surface area contributed by atoms with Crippen LogP contribution >= 0.6 is 0 Å². The molecular weight excluding hydrogens is 196 g/mol. The van der Waals surface area contributed by atoms with Gasteiger partial charge in [0.15, 0.2) is 0 Å². The van der Waals surface area contributed by atoms with Crippen molar-refractivity contribution >= 4 is 5.69 Å². The summed E-state index contributed by atoms with van der Waals surface area (Å²) in [6.45, 7) is 10.1. The van der Waals surface area contributed by atoms with Crippen molar-refractivity contribution in [2.24, 2.45) is 0 Å². The predicted octanol–water partition coefficient (Wildman–Crippen LogP) is 2.57. The molecule has 0 amide bonds.